The fourth-order valence-corrected chi connectivity index (χ4v) is 3.12. The van der Waals surface area contributed by atoms with Crippen molar-refractivity contribution < 1.29 is 0 Å². The van der Waals surface area contributed by atoms with Crippen LogP contribution in [0.25, 0.3) is 16.9 Å². The molecule has 0 aliphatic heterocycles. The van der Waals surface area contributed by atoms with Gasteiger partial charge < -0.3 is 4.98 Å². The first-order valence-corrected chi connectivity index (χ1v) is 7.94. The van der Waals surface area contributed by atoms with E-state index in [0.717, 1.165) is 21.3 Å². The summed E-state index contributed by atoms with van der Waals surface area (Å²) in [6.07, 6.45) is 1.79. The van der Waals surface area contributed by atoms with Crippen molar-refractivity contribution in [1.29, 1.82) is 0 Å². The van der Waals surface area contributed by atoms with Crippen molar-refractivity contribution in [1.82, 2.24) is 14.5 Å². The number of para-hydroxylation sites is 1. The molecule has 1 N–H and O–H groups in total. The van der Waals surface area contributed by atoms with Crippen molar-refractivity contribution in [3.8, 4) is 5.69 Å². The summed E-state index contributed by atoms with van der Waals surface area (Å²) in [6, 6.07) is 10.3. The number of fused-ring (bicyclic) bond motifs is 1. The number of aromatic nitrogens is 3. The highest BCUT2D eigenvalue weighted by molar-refractivity contribution is 9.10. The SMILES string of the molecule is CC(C)(C)c1ccccc1-n1c(=S)[nH]c2cc(Br)cnc21. The minimum atomic E-state index is 0.0321. The van der Waals surface area contributed by atoms with E-state index in [4.69, 9.17) is 12.2 Å². The molecule has 21 heavy (non-hydrogen) atoms. The highest BCUT2D eigenvalue weighted by Crippen LogP contribution is 2.30. The number of nitrogens with one attached hydrogen (secondary N) is 1. The monoisotopic (exact) mass is 361 g/mol. The largest absolute Gasteiger partial charge is 0.329 e. The fraction of sp³-hybridized carbons (Fsp3) is 0.250. The predicted octanol–water partition coefficient (Wildman–Crippen LogP) is 5.14. The molecule has 1 aromatic carbocycles. The Kier molecular flexibility index (Phi) is 3.50. The average Bonchev–Trinajstić information content (AvgIpc) is 2.72. The van der Waals surface area contributed by atoms with Gasteiger partial charge in [0, 0.05) is 10.7 Å². The molecular weight excluding hydrogens is 346 g/mol. The Balaban J connectivity index is 2.37. The second-order valence-corrected chi connectivity index (χ2v) is 7.36. The molecule has 0 unspecified atom stereocenters. The molecule has 5 heteroatoms. The molecular formula is C16H16BrN3S. The van der Waals surface area contributed by atoms with Crippen molar-refractivity contribution in [2.75, 3.05) is 0 Å². The van der Waals surface area contributed by atoms with E-state index in [1.54, 1.807) is 6.20 Å². The first kappa shape index (κ1) is 14.5. The molecule has 0 spiro atoms. The van der Waals surface area contributed by atoms with Gasteiger partial charge in [-0.3, -0.25) is 4.57 Å². The van der Waals surface area contributed by atoms with Crippen molar-refractivity contribution in [3.05, 3.63) is 51.3 Å². The summed E-state index contributed by atoms with van der Waals surface area (Å²) in [5.74, 6) is 0. The summed E-state index contributed by atoms with van der Waals surface area (Å²) >= 11 is 8.96. The summed E-state index contributed by atoms with van der Waals surface area (Å²) < 4.78 is 3.60. The number of H-pyrrole nitrogens is 1. The quantitative estimate of drug-likeness (QED) is 0.608. The summed E-state index contributed by atoms with van der Waals surface area (Å²) in [4.78, 5) is 7.75. The molecule has 0 saturated carbocycles. The third kappa shape index (κ3) is 2.56. The van der Waals surface area contributed by atoms with Crippen molar-refractivity contribution in [2.24, 2.45) is 0 Å². The number of pyridine rings is 1. The smallest absolute Gasteiger partial charge is 0.184 e. The number of rotatable bonds is 1. The molecule has 2 heterocycles. The van der Waals surface area contributed by atoms with E-state index in [2.05, 4.69) is 64.9 Å². The Bertz CT molecular complexity index is 871. The summed E-state index contributed by atoms with van der Waals surface area (Å²) in [6.45, 7) is 6.61. The lowest BCUT2D eigenvalue weighted by Gasteiger charge is -2.23. The average molecular weight is 362 g/mol. The van der Waals surface area contributed by atoms with E-state index in [1.165, 1.54) is 5.56 Å². The van der Waals surface area contributed by atoms with E-state index in [-0.39, 0.29) is 5.41 Å². The van der Waals surface area contributed by atoms with Crippen molar-refractivity contribution in [3.63, 3.8) is 0 Å². The Morgan fingerprint density at radius 3 is 2.67 bits per heavy atom. The van der Waals surface area contributed by atoms with Gasteiger partial charge in [-0.25, -0.2) is 4.98 Å². The summed E-state index contributed by atoms with van der Waals surface area (Å²) in [7, 11) is 0. The highest BCUT2D eigenvalue weighted by Gasteiger charge is 2.20. The maximum atomic E-state index is 5.51. The van der Waals surface area contributed by atoms with Gasteiger partial charge in [0.1, 0.15) is 0 Å². The van der Waals surface area contributed by atoms with Crippen LogP contribution in [0.2, 0.25) is 0 Å². The normalized spacial score (nSPS) is 12.0. The zero-order chi connectivity index (χ0) is 15.2. The molecule has 2 aromatic heterocycles. The van der Waals surface area contributed by atoms with Gasteiger partial charge in [0.2, 0.25) is 0 Å². The Labute approximate surface area is 137 Å². The van der Waals surface area contributed by atoms with Crippen LogP contribution < -0.4 is 0 Å². The van der Waals surface area contributed by atoms with Crippen LogP contribution in [0, 0.1) is 4.77 Å². The van der Waals surface area contributed by atoms with E-state index in [1.807, 2.05) is 16.7 Å². The second kappa shape index (κ2) is 5.07. The minimum Gasteiger partial charge on any atom is -0.329 e. The van der Waals surface area contributed by atoms with Crippen LogP contribution in [0.3, 0.4) is 0 Å². The molecule has 3 rings (SSSR count). The van der Waals surface area contributed by atoms with Crippen LogP contribution in [0.5, 0.6) is 0 Å². The van der Waals surface area contributed by atoms with Gasteiger partial charge in [-0.1, -0.05) is 39.0 Å². The molecule has 3 aromatic rings. The predicted molar refractivity (Wildman–Crippen MR) is 92.7 cm³/mol. The van der Waals surface area contributed by atoms with Gasteiger partial charge >= 0.3 is 0 Å². The van der Waals surface area contributed by atoms with Crippen molar-refractivity contribution >= 4 is 39.3 Å². The molecule has 0 radical (unpaired) electrons. The zero-order valence-electron chi connectivity index (χ0n) is 12.1. The zero-order valence-corrected chi connectivity index (χ0v) is 14.5. The number of nitrogens with zero attached hydrogens (tertiary/aromatic N) is 2. The lowest BCUT2D eigenvalue weighted by atomic mass is 9.86. The molecule has 0 bridgehead atoms. The highest BCUT2D eigenvalue weighted by atomic mass is 79.9. The maximum Gasteiger partial charge on any atom is 0.184 e. The van der Waals surface area contributed by atoms with Crippen LogP contribution in [-0.2, 0) is 5.41 Å². The first-order chi connectivity index (χ1) is 9.88. The van der Waals surface area contributed by atoms with Gasteiger partial charge in [0.25, 0.3) is 0 Å². The third-order valence-electron chi connectivity index (χ3n) is 3.44. The van der Waals surface area contributed by atoms with E-state index >= 15 is 0 Å². The molecule has 0 fully saturated rings. The number of halogens is 1. The second-order valence-electron chi connectivity index (χ2n) is 6.06. The molecule has 0 amide bonds. The number of hydrogen-bond donors (Lipinski definition) is 1. The number of imidazole rings is 1. The number of hydrogen-bond acceptors (Lipinski definition) is 2. The first-order valence-electron chi connectivity index (χ1n) is 6.74. The topological polar surface area (TPSA) is 33.6 Å². The molecule has 108 valence electrons. The maximum absolute atomic E-state index is 5.51. The molecule has 3 nitrogen and oxygen atoms in total. The van der Waals surface area contributed by atoms with Crippen LogP contribution in [0.15, 0.2) is 41.0 Å². The van der Waals surface area contributed by atoms with Crippen LogP contribution in [0.1, 0.15) is 26.3 Å². The van der Waals surface area contributed by atoms with Crippen LogP contribution in [-0.4, -0.2) is 14.5 Å². The lowest BCUT2D eigenvalue weighted by molar-refractivity contribution is 0.586. The van der Waals surface area contributed by atoms with Gasteiger partial charge in [-0.2, -0.15) is 0 Å². The van der Waals surface area contributed by atoms with E-state index in [0.29, 0.717) is 4.77 Å². The van der Waals surface area contributed by atoms with Gasteiger partial charge in [-0.05, 0) is 51.3 Å². The number of aromatic amines is 1. The lowest BCUT2D eigenvalue weighted by Crippen LogP contribution is -2.15. The van der Waals surface area contributed by atoms with Crippen molar-refractivity contribution in [2.45, 2.75) is 26.2 Å². The summed E-state index contributed by atoms with van der Waals surface area (Å²) in [5.41, 5.74) is 4.13. The van der Waals surface area contributed by atoms with Gasteiger partial charge in [-0.15, -0.1) is 0 Å². The third-order valence-corrected chi connectivity index (χ3v) is 4.16. The molecule has 0 atom stereocenters. The molecule has 0 aliphatic rings. The molecule has 0 saturated heterocycles. The van der Waals surface area contributed by atoms with E-state index < -0.39 is 0 Å². The fourth-order valence-electron chi connectivity index (χ4n) is 2.50. The minimum absolute atomic E-state index is 0.0321. The van der Waals surface area contributed by atoms with Gasteiger partial charge in [0.15, 0.2) is 10.4 Å². The Hall–Kier alpha value is -1.46. The Morgan fingerprint density at radius 2 is 1.95 bits per heavy atom. The van der Waals surface area contributed by atoms with Crippen LogP contribution >= 0.6 is 28.1 Å². The number of benzene rings is 1. The van der Waals surface area contributed by atoms with E-state index in [9.17, 15) is 0 Å². The molecule has 0 aliphatic carbocycles. The Morgan fingerprint density at radius 1 is 1.24 bits per heavy atom. The summed E-state index contributed by atoms with van der Waals surface area (Å²) in [5, 5.41) is 0. The standard InChI is InChI=1S/C16H16BrN3S/c1-16(2,3)11-6-4-5-7-13(11)20-14-12(19-15(20)21)8-10(17)9-18-14/h4-9H,1-3H3,(H,19,21). The van der Waals surface area contributed by atoms with Gasteiger partial charge in [0.05, 0.1) is 11.2 Å². The van der Waals surface area contributed by atoms with Crippen LogP contribution in [0.4, 0.5) is 0 Å².